The van der Waals surface area contributed by atoms with Crippen LogP contribution in [-0.4, -0.2) is 19.3 Å². The molecule has 1 spiro atoms. The molecule has 1 amide bonds. The number of ether oxygens (including phenoxy) is 3. The number of fused-ring (bicyclic) bond motifs is 5. The molecule has 2 aromatic rings. The van der Waals surface area contributed by atoms with E-state index in [2.05, 4.69) is 6.08 Å². The van der Waals surface area contributed by atoms with E-state index in [1.807, 2.05) is 42.6 Å². The molecule has 27 heavy (non-hydrogen) atoms. The Balaban J connectivity index is 1.48. The molecule has 6 rings (SSSR count). The van der Waals surface area contributed by atoms with Crippen LogP contribution in [0, 0.1) is 5.92 Å². The molecule has 3 heterocycles. The van der Waals surface area contributed by atoms with E-state index < -0.39 is 5.41 Å². The summed E-state index contributed by atoms with van der Waals surface area (Å²) in [6.45, 7) is 0.500. The predicted octanol–water partition coefficient (Wildman–Crippen LogP) is 3.75. The summed E-state index contributed by atoms with van der Waals surface area (Å²) in [5.74, 6) is 2.87. The van der Waals surface area contributed by atoms with Gasteiger partial charge in [-0.05, 0) is 42.9 Å². The van der Waals surface area contributed by atoms with Gasteiger partial charge in [-0.1, -0.05) is 24.3 Å². The molecule has 0 aromatic heterocycles. The molecule has 4 aliphatic rings. The number of nitrogens with zero attached hydrogens (tertiary/aromatic N) is 1. The third-order valence-corrected chi connectivity index (χ3v) is 6.01. The van der Waals surface area contributed by atoms with Crippen molar-refractivity contribution in [3.05, 3.63) is 59.8 Å². The monoisotopic (exact) mass is 361 g/mol. The first kappa shape index (κ1) is 15.1. The van der Waals surface area contributed by atoms with Crippen LogP contribution in [0.1, 0.15) is 30.4 Å². The van der Waals surface area contributed by atoms with Crippen LogP contribution in [0.4, 0.5) is 5.69 Å². The average Bonchev–Trinajstić information content (AvgIpc) is 3.19. The molecule has 5 heteroatoms. The van der Waals surface area contributed by atoms with Gasteiger partial charge in [0.25, 0.3) is 0 Å². The number of hydrogen-bond acceptors (Lipinski definition) is 4. The van der Waals surface area contributed by atoms with Crippen LogP contribution in [0.5, 0.6) is 17.2 Å². The highest BCUT2D eigenvalue weighted by molar-refractivity contribution is 6.12. The standard InChI is InChI=1S/C22H19NO4/c24-21-22(12-25-18-11-20-19(10-16(18)22)26-13-27-20)15-5-1-2-6-17(15)23(21)9-3-4-14-7-8-14/h1-3,5-6,9-11,14H,4,7-8,12-13H2/b9-3+. The Labute approximate surface area is 157 Å². The molecular formula is C22H19NO4. The van der Waals surface area contributed by atoms with E-state index in [1.165, 1.54) is 12.8 Å². The summed E-state index contributed by atoms with van der Waals surface area (Å²) in [5.41, 5.74) is 1.96. The molecular weight excluding hydrogens is 342 g/mol. The van der Waals surface area contributed by atoms with Crippen molar-refractivity contribution in [2.24, 2.45) is 5.92 Å². The molecule has 2 aromatic carbocycles. The van der Waals surface area contributed by atoms with Crippen LogP contribution in [0.2, 0.25) is 0 Å². The molecule has 1 saturated carbocycles. The minimum atomic E-state index is -0.823. The van der Waals surface area contributed by atoms with Crippen molar-refractivity contribution in [2.45, 2.75) is 24.7 Å². The van der Waals surface area contributed by atoms with E-state index >= 15 is 0 Å². The van der Waals surface area contributed by atoms with Crippen molar-refractivity contribution >= 4 is 11.6 Å². The number of carbonyl (C=O) groups excluding carboxylic acids is 1. The van der Waals surface area contributed by atoms with Crippen LogP contribution in [0.15, 0.2) is 48.7 Å². The van der Waals surface area contributed by atoms with Crippen molar-refractivity contribution in [1.29, 1.82) is 0 Å². The molecule has 1 fully saturated rings. The van der Waals surface area contributed by atoms with Crippen molar-refractivity contribution in [3.63, 3.8) is 0 Å². The zero-order valence-electron chi connectivity index (χ0n) is 14.8. The number of allylic oxidation sites excluding steroid dienone is 1. The second-order valence-electron chi connectivity index (χ2n) is 7.65. The summed E-state index contributed by atoms with van der Waals surface area (Å²) in [5, 5.41) is 0. The van der Waals surface area contributed by atoms with Gasteiger partial charge in [-0.15, -0.1) is 0 Å². The van der Waals surface area contributed by atoms with E-state index in [4.69, 9.17) is 14.2 Å². The fraction of sp³-hybridized carbons (Fsp3) is 0.318. The SMILES string of the molecule is O=C1N(/C=C/CC2CC2)c2ccccc2C12COc1cc3c(cc12)OCO3. The maximum absolute atomic E-state index is 13.7. The lowest BCUT2D eigenvalue weighted by Crippen LogP contribution is -2.40. The fourth-order valence-electron chi connectivity index (χ4n) is 4.37. The number of benzene rings is 2. The lowest BCUT2D eigenvalue weighted by atomic mass is 9.77. The quantitative estimate of drug-likeness (QED) is 0.835. The van der Waals surface area contributed by atoms with Gasteiger partial charge in [-0.3, -0.25) is 9.69 Å². The molecule has 1 unspecified atom stereocenters. The number of rotatable bonds is 3. The lowest BCUT2D eigenvalue weighted by Gasteiger charge is -2.21. The Kier molecular flexibility index (Phi) is 2.96. The molecule has 1 atom stereocenters. The predicted molar refractivity (Wildman–Crippen MR) is 99.2 cm³/mol. The van der Waals surface area contributed by atoms with E-state index in [1.54, 1.807) is 4.90 Å². The topological polar surface area (TPSA) is 48.0 Å². The van der Waals surface area contributed by atoms with Crippen molar-refractivity contribution in [2.75, 3.05) is 18.3 Å². The minimum Gasteiger partial charge on any atom is -0.491 e. The smallest absolute Gasteiger partial charge is 0.249 e. The van der Waals surface area contributed by atoms with Crippen LogP contribution >= 0.6 is 0 Å². The van der Waals surface area contributed by atoms with Crippen molar-refractivity contribution in [3.8, 4) is 17.2 Å². The first-order valence-electron chi connectivity index (χ1n) is 9.44. The molecule has 3 aliphatic heterocycles. The zero-order chi connectivity index (χ0) is 18.0. The molecule has 0 saturated heterocycles. The second kappa shape index (κ2) is 5.28. The van der Waals surface area contributed by atoms with Crippen molar-refractivity contribution in [1.82, 2.24) is 0 Å². The first-order valence-corrected chi connectivity index (χ1v) is 9.44. The average molecular weight is 361 g/mol. The molecule has 5 nitrogen and oxygen atoms in total. The van der Waals surface area contributed by atoms with Gasteiger partial charge in [-0.2, -0.15) is 0 Å². The Morgan fingerprint density at radius 2 is 1.85 bits per heavy atom. The molecule has 0 N–H and O–H groups in total. The Hall–Kier alpha value is -2.95. The maximum Gasteiger partial charge on any atom is 0.249 e. The largest absolute Gasteiger partial charge is 0.491 e. The Morgan fingerprint density at radius 3 is 2.70 bits per heavy atom. The van der Waals surface area contributed by atoms with Gasteiger partial charge in [0, 0.05) is 17.8 Å². The fourth-order valence-corrected chi connectivity index (χ4v) is 4.37. The van der Waals surface area contributed by atoms with Crippen LogP contribution in [0.25, 0.3) is 0 Å². The number of para-hydroxylation sites is 1. The number of amides is 1. The minimum absolute atomic E-state index is 0.0355. The van der Waals surface area contributed by atoms with Crippen LogP contribution in [0.3, 0.4) is 0 Å². The van der Waals surface area contributed by atoms with Crippen LogP contribution in [-0.2, 0) is 10.2 Å². The van der Waals surface area contributed by atoms with E-state index in [0.29, 0.717) is 23.9 Å². The summed E-state index contributed by atoms with van der Waals surface area (Å²) in [7, 11) is 0. The van der Waals surface area contributed by atoms with E-state index in [9.17, 15) is 4.79 Å². The number of carbonyl (C=O) groups is 1. The van der Waals surface area contributed by atoms with E-state index in [0.717, 1.165) is 29.2 Å². The molecule has 136 valence electrons. The van der Waals surface area contributed by atoms with Gasteiger partial charge in [-0.25, -0.2) is 0 Å². The summed E-state index contributed by atoms with van der Waals surface area (Å²) in [6, 6.07) is 11.8. The molecule has 0 bridgehead atoms. The first-order chi connectivity index (χ1) is 13.3. The third-order valence-electron chi connectivity index (χ3n) is 6.01. The van der Waals surface area contributed by atoms with Gasteiger partial charge in [0.15, 0.2) is 11.5 Å². The Morgan fingerprint density at radius 1 is 1.04 bits per heavy atom. The van der Waals surface area contributed by atoms with Crippen molar-refractivity contribution < 1.29 is 19.0 Å². The van der Waals surface area contributed by atoms with Gasteiger partial charge < -0.3 is 14.2 Å². The van der Waals surface area contributed by atoms with E-state index in [-0.39, 0.29) is 12.7 Å². The van der Waals surface area contributed by atoms with Gasteiger partial charge in [0.1, 0.15) is 17.8 Å². The number of anilines is 1. The van der Waals surface area contributed by atoms with Crippen LogP contribution < -0.4 is 19.1 Å². The number of hydrogen-bond donors (Lipinski definition) is 0. The highest BCUT2D eigenvalue weighted by Gasteiger charge is 2.57. The Bertz CT molecular complexity index is 994. The normalized spacial score (nSPS) is 24.6. The highest BCUT2D eigenvalue weighted by Crippen LogP contribution is 2.55. The van der Waals surface area contributed by atoms with Gasteiger partial charge in [0.2, 0.25) is 12.7 Å². The highest BCUT2D eigenvalue weighted by atomic mass is 16.7. The lowest BCUT2D eigenvalue weighted by molar-refractivity contribution is -0.121. The van der Waals surface area contributed by atoms with Gasteiger partial charge >= 0.3 is 0 Å². The third kappa shape index (κ3) is 2.02. The summed E-state index contributed by atoms with van der Waals surface area (Å²) >= 11 is 0. The summed E-state index contributed by atoms with van der Waals surface area (Å²) < 4.78 is 17.0. The maximum atomic E-state index is 13.7. The molecule has 0 radical (unpaired) electrons. The summed E-state index contributed by atoms with van der Waals surface area (Å²) in [4.78, 5) is 15.5. The zero-order valence-corrected chi connectivity index (χ0v) is 14.8. The van der Waals surface area contributed by atoms with Gasteiger partial charge in [0.05, 0.1) is 5.69 Å². The summed E-state index contributed by atoms with van der Waals surface area (Å²) in [6.07, 6.45) is 7.70. The second-order valence-corrected chi connectivity index (χ2v) is 7.65. The molecule has 1 aliphatic carbocycles.